The van der Waals surface area contributed by atoms with Crippen LogP contribution < -0.4 is 20.9 Å². The molecule has 0 spiro atoms. The highest BCUT2D eigenvalue weighted by atomic mass is 32.1. The molecule has 8 nitrogen and oxygen atoms in total. The van der Waals surface area contributed by atoms with Crippen LogP contribution in [0.25, 0.3) is 0 Å². The molecule has 1 aliphatic rings. The molecule has 1 saturated heterocycles. The monoisotopic (exact) mass is 355 g/mol. The van der Waals surface area contributed by atoms with Crippen molar-refractivity contribution in [1.82, 2.24) is 20.4 Å². The SMILES string of the molecule is Cc1nn(C)c(C)c1NC(=O)CNC(=S)NCC[NH+]1CCOCC1. The topological polar surface area (TPSA) is 84.7 Å². The number of rotatable bonds is 6. The zero-order valence-corrected chi connectivity index (χ0v) is 15.4. The van der Waals surface area contributed by atoms with Crippen molar-refractivity contribution in [3.05, 3.63) is 11.4 Å². The van der Waals surface area contributed by atoms with Crippen LogP contribution >= 0.6 is 12.2 Å². The number of anilines is 1. The van der Waals surface area contributed by atoms with Gasteiger partial charge in [0.05, 0.1) is 49.9 Å². The number of aromatic nitrogens is 2. The van der Waals surface area contributed by atoms with Gasteiger partial charge in [0.1, 0.15) is 13.1 Å². The second-order valence-corrected chi connectivity index (χ2v) is 6.35. The van der Waals surface area contributed by atoms with E-state index in [0.29, 0.717) is 5.11 Å². The van der Waals surface area contributed by atoms with Gasteiger partial charge in [-0.2, -0.15) is 5.10 Å². The second kappa shape index (κ2) is 8.95. The average Bonchev–Trinajstić information content (AvgIpc) is 2.80. The van der Waals surface area contributed by atoms with Gasteiger partial charge in [-0.3, -0.25) is 9.48 Å². The molecule has 24 heavy (non-hydrogen) atoms. The Kier molecular flexibility index (Phi) is 6.95. The van der Waals surface area contributed by atoms with E-state index in [1.807, 2.05) is 20.9 Å². The lowest BCUT2D eigenvalue weighted by Gasteiger charge is -2.24. The van der Waals surface area contributed by atoms with Gasteiger partial charge in [-0.15, -0.1) is 0 Å². The van der Waals surface area contributed by atoms with Gasteiger partial charge in [-0.25, -0.2) is 0 Å². The number of aryl methyl sites for hydroxylation is 2. The number of hydrogen-bond donors (Lipinski definition) is 4. The minimum Gasteiger partial charge on any atom is -0.370 e. The molecule has 1 aliphatic heterocycles. The van der Waals surface area contributed by atoms with Crippen molar-refractivity contribution in [1.29, 1.82) is 0 Å². The van der Waals surface area contributed by atoms with Crippen molar-refractivity contribution in [2.45, 2.75) is 13.8 Å². The number of nitrogens with zero attached hydrogens (tertiary/aromatic N) is 2. The molecular formula is C15H27N6O2S+. The molecule has 4 N–H and O–H groups in total. The van der Waals surface area contributed by atoms with E-state index in [9.17, 15) is 4.79 Å². The molecule has 1 amide bonds. The summed E-state index contributed by atoms with van der Waals surface area (Å²) < 4.78 is 7.08. The van der Waals surface area contributed by atoms with E-state index in [2.05, 4.69) is 21.0 Å². The Morgan fingerprint density at radius 2 is 2.04 bits per heavy atom. The molecule has 0 unspecified atom stereocenters. The maximum Gasteiger partial charge on any atom is 0.243 e. The Morgan fingerprint density at radius 1 is 1.33 bits per heavy atom. The number of thiocarbonyl (C=S) groups is 1. The van der Waals surface area contributed by atoms with Gasteiger partial charge in [-0.1, -0.05) is 0 Å². The number of ether oxygens (including phenoxy) is 1. The van der Waals surface area contributed by atoms with E-state index in [1.54, 1.807) is 4.68 Å². The molecule has 1 aromatic heterocycles. The van der Waals surface area contributed by atoms with Crippen LogP contribution in [-0.4, -0.2) is 66.7 Å². The quantitative estimate of drug-likeness (QED) is 0.458. The van der Waals surface area contributed by atoms with E-state index in [-0.39, 0.29) is 12.5 Å². The summed E-state index contributed by atoms with van der Waals surface area (Å²) in [6.45, 7) is 9.41. The maximum absolute atomic E-state index is 12.0. The van der Waals surface area contributed by atoms with Crippen LogP contribution in [0.5, 0.6) is 0 Å². The molecule has 2 heterocycles. The molecule has 0 aromatic carbocycles. The smallest absolute Gasteiger partial charge is 0.243 e. The first kappa shape index (κ1) is 18.6. The molecule has 0 radical (unpaired) electrons. The lowest BCUT2D eigenvalue weighted by molar-refractivity contribution is -0.906. The lowest BCUT2D eigenvalue weighted by atomic mass is 10.3. The van der Waals surface area contributed by atoms with Gasteiger partial charge in [0.2, 0.25) is 5.91 Å². The molecule has 9 heteroatoms. The van der Waals surface area contributed by atoms with E-state index in [0.717, 1.165) is 56.5 Å². The number of carbonyl (C=O) groups is 1. The number of amides is 1. The summed E-state index contributed by atoms with van der Waals surface area (Å²) in [5, 5.41) is 13.7. The zero-order chi connectivity index (χ0) is 17.5. The first-order valence-corrected chi connectivity index (χ1v) is 8.61. The van der Waals surface area contributed by atoms with Crippen LogP contribution in [0.1, 0.15) is 11.4 Å². The first-order valence-electron chi connectivity index (χ1n) is 8.20. The van der Waals surface area contributed by atoms with E-state index in [4.69, 9.17) is 17.0 Å². The molecule has 0 atom stereocenters. The minimum atomic E-state index is -0.142. The average molecular weight is 355 g/mol. The standard InChI is InChI=1S/C15H26N6O2S/c1-11-14(12(2)20(3)19-11)18-13(22)10-17-15(24)16-4-5-21-6-8-23-9-7-21/h4-10H2,1-3H3,(H,18,22)(H2,16,17,24)/p+1. The zero-order valence-electron chi connectivity index (χ0n) is 14.6. The highest BCUT2D eigenvalue weighted by Crippen LogP contribution is 2.17. The predicted octanol–water partition coefficient (Wildman–Crippen LogP) is -1.65. The highest BCUT2D eigenvalue weighted by molar-refractivity contribution is 7.80. The normalized spacial score (nSPS) is 15.1. The van der Waals surface area contributed by atoms with E-state index in [1.165, 1.54) is 4.90 Å². The Hall–Kier alpha value is -1.71. The van der Waals surface area contributed by atoms with Gasteiger partial charge in [0.15, 0.2) is 5.11 Å². The maximum atomic E-state index is 12.0. The highest BCUT2D eigenvalue weighted by Gasteiger charge is 2.14. The fourth-order valence-electron chi connectivity index (χ4n) is 2.62. The van der Waals surface area contributed by atoms with Gasteiger partial charge >= 0.3 is 0 Å². The fourth-order valence-corrected chi connectivity index (χ4v) is 2.80. The van der Waals surface area contributed by atoms with Gasteiger partial charge in [-0.05, 0) is 26.1 Å². The summed E-state index contributed by atoms with van der Waals surface area (Å²) in [6.07, 6.45) is 0. The molecular weight excluding hydrogens is 328 g/mol. The van der Waals surface area contributed by atoms with Crippen molar-refractivity contribution in [3.63, 3.8) is 0 Å². The summed E-state index contributed by atoms with van der Waals surface area (Å²) in [7, 11) is 1.85. The number of carbonyl (C=O) groups excluding carboxylic acids is 1. The van der Waals surface area contributed by atoms with Crippen molar-refractivity contribution in [2.24, 2.45) is 7.05 Å². The molecule has 134 valence electrons. The Balaban J connectivity index is 1.64. The van der Waals surface area contributed by atoms with Crippen molar-refractivity contribution in [3.8, 4) is 0 Å². The van der Waals surface area contributed by atoms with Gasteiger partial charge < -0.3 is 25.6 Å². The second-order valence-electron chi connectivity index (χ2n) is 5.94. The number of hydrogen-bond acceptors (Lipinski definition) is 4. The first-order chi connectivity index (χ1) is 11.5. The summed E-state index contributed by atoms with van der Waals surface area (Å²) in [4.78, 5) is 13.5. The fraction of sp³-hybridized carbons (Fsp3) is 0.667. The van der Waals surface area contributed by atoms with Crippen LogP contribution in [-0.2, 0) is 16.6 Å². The molecule has 1 fully saturated rings. The van der Waals surface area contributed by atoms with Gasteiger partial charge in [0, 0.05) is 7.05 Å². The Morgan fingerprint density at radius 3 is 2.67 bits per heavy atom. The number of quaternary nitrogens is 1. The van der Waals surface area contributed by atoms with E-state index < -0.39 is 0 Å². The number of nitrogens with one attached hydrogen (secondary N) is 4. The Labute approximate surface area is 147 Å². The summed E-state index contributed by atoms with van der Waals surface area (Å²) in [6, 6.07) is 0. The van der Waals surface area contributed by atoms with Crippen LogP contribution in [0.15, 0.2) is 0 Å². The Bertz CT molecular complexity index is 583. The summed E-state index contributed by atoms with van der Waals surface area (Å²) in [5.41, 5.74) is 2.49. The summed E-state index contributed by atoms with van der Waals surface area (Å²) in [5.74, 6) is -0.142. The lowest BCUT2D eigenvalue weighted by Crippen LogP contribution is -3.14. The van der Waals surface area contributed by atoms with Crippen LogP contribution in [0, 0.1) is 13.8 Å². The molecule has 0 aliphatic carbocycles. The summed E-state index contributed by atoms with van der Waals surface area (Å²) >= 11 is 5.21. The predicted molar refractivity (Wildman–Crippen MR) is 96.3 cm³/mol. The largest absolute Gasteiger partial charge is 0.370 e. The van der Waals surface area contributed by atoms with Crippen LogP contribution in [0.3, 0.4) is 0 Å². The number of morpholine rings is 1. The molecule has 0 saturated carbocycles. The molecule has 0 bridgehead atoms. The van der Waals surface area contributed by atoms with Crippen molar-refractivity contribution < 1.29 is 14.4 Å². The third kappa shape index (κ3) is 5.43. The molecule has 1 aromatic rings. The van der Waals surface area contributed by atoms with Crippen LogP contribution in [0.4, 0.5) is 5.69 Å². The van der Waals surface area contributed by atoms with Crippen LogP contribution in [0.2, 0.25) is 0 Å². The van der Waals surface area contributed by atoms with E-state index >= 15 is 0 Å². The van der Waals surface area contributed by atoms with Gasteiger partial charge in [0.25, 0.3) is 0 Å². The molecule has 2 rings (SSSR count). The van der Waals surface area contributed by atoms with Crippen molar-refractivity contribution in [2.75, 3.05) is 51.3 Å². The van der Waals surface area contributed by atoms with Crippen molar-refractivity contribution >= 4 is 28.9 Å². The third-order valence-corrected chi connectivity index (χ3v) is 4.44. The third-order valence-electron chi connectivity index (χ3n) is 4.15. The minimum absolute atomic E-state index is 0.129.